The molecule has 5 heteroatoms. The third-order valence-corrected chi connectivity index (χ3v) is 3.77. The molecule has 1 heterocycles. The SMILES string of the molecule is CC(CN1CCNCC1)C(=O)Nc1cccc(Br)c1. The van der Waals surface area contributed by atoms with Crippen LogP contribution in [-0.2, 0) is 4.79 Å². The fourth-order valence-electron chi connectivity index (χ4n) is 2.20. The van der Waals surface area contributed by atoms with Crippen molar-refractivity contribution in [2.75, 3.05) is 38.0 Å². The van der Waals surface area contributed by atoms with E-state index in [-0.39, 0.29) is 11.8 Å². The summed E-state index contributed by atoms with van der Waals surface area (Å²) in [6, 6.07) is 7.68. The van der Waals surface area contributed by atoms with Crippen LogP contribution in [-0.4, -0.2) is 43.5 Å². The van der Waals surface area contributed by atoms with Crippen molar-refractivity contribution in [2.45, 2.75) is 6.92 Å². The molecule has 2 rings (SSSR count). The van der Waals surface area contributed by atoms with E-state index in [0.29, 0.717) is 0 Å². The van der Waals surface area contributed by atoms with Gasteiger partial charge in [-0.05, 0) is 18.2 Å². The van der Waals surface area contributed by atoms with Gasteiger partial charge >= 0.3 is 0 Å². The number of carbonyl (C=O) groups is 1. The number of amides is 1. The number of nitrogens with zero attached hydrogens (tertiary/aromatic N) is 1. The minimum atomic E-state index is -0.00270. The zero-order valence-electron chi connectivity index (χ0n) is 11.2. The zero-order chi connectivity index (χ0) is 13.7. The van der Waals surface area contributed by atoms with Gasteiger partial charge in [-0.3, -0.25) is 4.79 Å². The van der Waals surface area contributed by atoms with Crippen molar-refractivity contribution in [3.63, 3.8) is 0 Å². The van der Waals surface area contributed by atoms with Crippen LogP contribution in [0.1, 0.15) is 6.92 Å². The normalized spacial score (nSPS) is 18.0. The molecule has 0 aliphatic carbocycles. The fraction of sp³-hybridized carbons (Fsp3) is 0.500. The van der Waals surface area contributed by atoms with Gasteiger partial charge in [0, 0.05) is 48.8 Å². The average molecular weight is 326 g/mol. The molecule has 1 aromatic rings. The number of rotatable bonds is 4. The third kappa shape index (κ3) is 4.60. The Hall–Kier alpha value is -0.910. The molecule has 4 nitrogen and oxygen atoms in total. The van der Waals surface area contributed by atoms with Crippen molar-refractivity contribution in [1.29, 1.82) is 0 Å². The van der Waals surface area contributed by atoms with E-state index in [1.54, 1.807) is 0 Å². The van der Waals surface area contributed by atoms with Crippen molar-refractivity contribution in [2.24, 2.45) is 5.92 Å². The standard InChI is InChI=1S/C14H20BrN3O/c1-11(10-18-7-5-16-6-8-18)14(19)17-13-4-2-3-12(15)9-13/h2-4,9,11,16H,5-8,10H2,1H3,(H,17,19). The Bertz CT molecular complexity index is 432. The van der Waals surface area contributed by atoms with E-state index in [1.165, 1.54) is 0 Å². The monoisotopic (exact) mass is 325 g/mol. The summed E-state index contributed by atoms with van der Waals surface area (Å²) in [5.41, 5.74) is 0.839. The molecule has 1 amide bonds. The molecule has 2 N–H and O–H groups in total. The second-order valence-corrected chi connectivity index (χ2v) is 5.87. The second-order valence-electron chi connectivity index (χ2n) is 4.95. The maximum Gasteiger partial charge on any atom is 0.228 e. The number of carbonyl (C=O) groups excluding carboxylic acids is 1. The van der Waals surface area contributed by atoms with Crippen molar-refractivity contribution in [1.82, 2.24) is 10.2 Å². The summed E-state index contributed by atoms with van der Waals surface area (Å²) in [7, 11) is 0. The maximum absolute atomic E-state index is 12.1. The summed E-state index contributed by atoms with van der Waals surface area (Å²) in [4.78, 5) is 14.5. The fourth-order valence-corrected chi connectivity index (χ4v) is 2.59. The molecular formula is C14H20BrN3O. The Kier molecular flexibility index (Phi) is 5.36. The van der Waals surface area contributed by atoms with Crippen molar-refractivity contribution in [3.05, 3.63) is 28.7 Å². The summed E-state index contributed by atoms with van der Waals surface area (Å²) in [6.45, 7) is 6.87. The summed E-state index contributed by atoms with van der Waals surface area (Å²) in [5, 5.41) is 6.28. The molecule has 1 aromatic carbocycles. The van der Waals surface area contributed by atoms with E-state index in [2.05, 4.69) is 31.5 Å². The Morgan fingerprint density at radius 3 is 2.89 bits per heavy atom. The zero-order valence-corrected chi connectivity index (χ0v) is 12.7. The number of hydrogen-bond acceptors (Lipinski definition) is 3. The second kappa shape index (κ2) is 7.03. The van der Waals surface area contributed by atoms with Crippen LogP contribution in [0.2, 0.25) is 0 Å². The molecule has 19 heavy (non-hydrogen) atoms. The maximum atomic E-state index is 12.1. The van der Waals surface area contributed by atoms with E-state index in [4.69, 9.17) is 0 Å². The molecule has 0 radical (unpaired) electrons. The summed E-state index contributed by atoms with van der Waals surface area (Å²) in [5.74, 6) is 0.0775. The molecule has 104 valence electrons. The molecular weight excluding hydrogens is 306 g/mol. The molecule has 0 saturated carbocycles. The Morgan fingerprint density at radius 2 is 2.21 bits per heavy atom. The van der Waals surface area contributed by atoms with Crippen molar-refractivity contribution >= 4 is 27.5 Å². The summed E-state index contributed by atoms with van der Waals surface area (Å²) >= 11 is 3.40. The van der Waals surface area contributed by atoms with Gasteiger partial charge in [0.15, 0.2) is 0 Å². The van der Waals surface area contributed by atoms with E-state index < -0.39 is 0 Å². The molecule has 1 fully saturated rings. The van der Waals surface area contributed by atoms with Gasteiger partial charge < -0.3 is 15.5 Å². The molecule has 1 atom stereocenters. The largest absolute Gasteiger partial charge is 0.326 e. The van der Waals surface area contributed by atoms with Crippen molar-refractivity contribution in [3.8, 4) is 0 Å². The van der Waals surface area contributed by atoms with Crippen LogP contribution in [0, 0.1) is 5.92 Å². The predicted molar refractivity (Wildman–Crippen MR) is 81.2 cm³/mol. The van der Waals surface area contributed by atoms with Crippen LogP contribution < -0.4 is 10.6 Å². The lowest BCUT2D eigenvalue weighted by Crippen LogP contribution is -2.46. The first-order valence-electron chi connectivity index (χ1n) is 6.64. The Morgan fingerprint density at radius 1 is 1.47 bits per heavy atom. The number of piperazine rings is 1. The highest BCUT2D eigenvalue weighted by Crippen LogP contribution is 2.16. The molecule has 1 aliphatic heterocycles. The molecule has 1 aliphatic rings. The first-order valence-corrected chi connectivity index (χ1v) is 7.44. The average Bonchev–Trinajstić information content (AvgIpc) is 2.40. The number of benzene rings is 1. The first-order chi connectivity index (χ1) is 9.15. The lowest BCUT2D eigenvalue weighted by Gasteiger charge is -2.29. The van der Waals surface area contributed by atoms with Crippen LogP contribution >= 0.6 is 15.9 Å². The van der Waals surface area contributed by atoms with Crippen LogP contribution in [0.15, 0.2) is 28.7 Å². The predicted octanol–water partition coefficient (Wildman–Crippen LogP) is 1.93. The quantitative estimate of drug-likeness (QED) is 0.889. The molecule has 0 spiro atoms. The van der Waals surface area contributed by atoms with Crippen LogP contribution in [0.25, 0.3) is 0 Å². The van der Waals surface area contributed by atoms with Gasteiger partial charge in [0.25, 0.3) is 0 Å². The lowest BCUT2D eigenvalue weighted by atomic mass is 10.1. The Balaban J connectivity index is 1.84. The number of hydrogen-bond donors (Lipinski definition) is 2. The highest BCUT2D eigenvalue weighted by molar-refractivity contribution is 9.10. The van der Waals surface area contributed by atoms with Crippen LogP contribution in [0.5, 0.6) is 0 Å². The van der Waals surface area contributed by atoms with Gasteiger partial charge in [0.05, 0.1) is 0 Å². The minimum absolute atomic E-state index is 0.00270. The topological polar surface area (TPSA) is 44.4 Å². The van der Waals surface area contributed by atoms with Gasteiger partial charge in [-0.15, -0.1) is 0 Å². The highest BCUT2D eigenvalue weighted by atomic mass is 79.9. The number of anilines is 1. The molecule has 0 aromatic heterocycles. The summed E-state index contributed by atoms with van der Waals surface area (Å²) in [6.07, 6.45) is 0. The van der Waals surface area contributed by atoms with Crippen LogP contribution in [0.3, 0.4) is 0 Å². The summed E-state index contributed by atoms with van der Waals surface area (Å²) < 4.78 is 0.972. The first kappa shape index (κ1) is 14.5. The van der Waals surface area contributed by atoms with Crippen molar-refractivity contribution < 1.29 is 4.79 Å². The minimum Gasteiger partial charge on any atom is -0.326 e. The van der Waals surface area contributed by atoms with Crippen LogP contribution in [0.4, 0.5) is 5.69 Å². The van der Waals surface area contributed by atoms with Gasteiger partial charge in [0.2, 0.25) is 5.91 Å². The molecule has 1 saturated heterocycles. The molecule has 0 bridgehead atoms. The van der Waals surface area contributed by atoms with E-state index >= 15 is 0 Å². The van der Waals surface area contributed by atoms with Gasteiger partial charge in [0.1, 0.15) is 0 Å². The van der Waals surface area contributed by atoms with Gasteiger partial charge in [-0.25, -0.2) is 0 Å². The molecule has 1 unspecified atom stereocenters. The van der Waals surface area contributed by atoms with Gasteiger partial charge in [-0.1, -0.05) is 28.9 Å². The van der Waals surface area contributed by atoms with E-state index in [9.17, 15) is 4.79 Å². The lowest BCUT2D eigenvalue weighted by molar-refractivity contribution is -0.120. The number of halogens is 1. The van der Waals surface area contributed by atoms with E-state index in [1.807, 2.05) is 31.2 Å². The number of nitrogens with one attached hydrogen (secondary N) is 2. The van der Waals surface area contributed by atoms with Gasteiger partial charge in [-0.2, -0.15) is 0 Å². The third-order valence-electron chi connectivity index (χ3n) is 3.28. The smallest absolute Gasteiger partial charge is 0.228 e. The highest BCUT2D eigenvalue weighted by Gasteiger charge is 2.18. The Labute approximate surface area is 122 Å². The van der Waals surface area contributed by atoms with E-state index in [0.717, 1.165) is 42.9 Å².